The molecule has 0 unspecified atom stereocenters. The molecule has 0 amide bonds. The lowest BCUT2D eigenvalue weighted by molar-refractivity contribution is 0.320. The first kappa shape index (κ1) is 16.9. The summed E-state index contributed by atoms with van der Waals surface area (Å²) in [6.45, 7) is 2.15. The lowest BCUT2D eigenvalue weighted by atomic mass is 9.92. The molecule has 0 aliphatic carbocycles. The summed E-state index contributed by atoms with van der Waals surface area (Å²) in [5.41, 5.74) is 5.66. The molecule has 4 heterocycles. The molecular formula is C22H24N4. The Balaban J connectivity index is 1.55. The predicted molar refractivity (Wildman–Crippen MR) is 103 cm³/mol. The Morgan fingerprint density at radius 3 is 2.46 bits per heavy atom. The Kier molecular flexibility index (Phi) is 5.02. The molecule has 1 fully saturated rings. The van der Waals surface area contributed by atoms with Crippen molar-refractivity contribution in [2.75, 3.05) is 0 Å². The number of pyridine rings is 3. The fourth-order valence-corrected chi connectivity index (χ4v) is 3.69. The fourth-order valence-electron chi connectivity index (χ4n) is 3.69. The van der Waals surface area contributed by atoms with Crippen LogP contribution in [0.1, 0.15) is 59.7 Å². The van der Waals surface area contributed by atoms with Crippen molar-refractivity contribution in [3.8, 4) is 0 Å². The Labute approximate surface area is 154 Å². The van der Waals surface area contributed by atoms with Gasteiger partial charge in [0.25, 0.3) is 0 Å². The zero-order chi connectivity index (χ0) is 17.8. The van der Waals surface area contributed by atoms with E-state index in [0.29, 0.717) is 6.04 Å². The summed E-state index contributed by atoms with van der Waals surface area (Å²) < 4.78 is 0. The van der Waals surface area contributed by atoms with E-state index in [-0.39, 0.29) is 6.04 Å². The lowest BCUT2D eigenvalue weighted by Crippen LogP contribution is -2.32. The number of nitrogens with zero attached hydrogens (tertiary/aromatic N) is 3. The number of aryl methyl sites for hydroxylation is 1. The molecule has 3 aromatic rings. The van der Waals surface area contributed by atoms with Crippen molar-refractivity contribution < 1.29 is 0 Å². The fraction of sp³-hybridized carbons (Fsp3) is 0.318. The van der Waals surface area contributed by atoms with Crippen LogP contribution in [0.3, 0.4) is 0 Å². The van der Waals surface area contributed by atoms with Crippen molar-refractivity contribution in [2.45, 2.75) is 44.7 Å². The zero-order valence-electron chi connectivity index (χ0n) is 15.1. The largest absolute Gasteiger partial charge is 0.300 e. The van der Waals surface area contributed by atoms with Gasteiger partial charge in [-0.1, -0.05) is 18.2 Å². The molecule has 132 valence electrons. The number of nitrogens with one attached hydrogen (secondary N) is 1. The minimum atomic E-state index is 0.277. The van der Waals surface area contributed by atoms with E-state index in [2.05, 4.69) is 52.5 Å². The van der Waals surface area contributed by atoms with Crippen LogP contribution >= 0.6 is 0 Å². The van der Waals surface area contributed by atoms with Crippen molar-refractivity contribution in [1.82, 2.24) is 20.3 Å². The second-order valence-electron chi connectivity index (χ2n) is 6.96. The Morgan fingerprint density at radius 2 is 1.69 bits per heavy atom. The van der Waals surface area contributed by atoms with Gasteiger partial charge in [-0.15, -0.1) is 0 Å². The van der Waals surface area contributed by atoms with Gasteiger partial charge in [0, 0.05) is 36.2 Å². The van der Waals surface area contributed by atoms with Crippen LogP contribution in [0.5, 0.6) is 0 Å². The van der Waals surface area contributed by atoms with Crippen LogP contribution in [0.25, 0.3) is 0 Å². The monoisotopic (exact) mass is 344 g/mol. The number of aromatic nitrogens is 3. The summed E-state index contributed by atoms with van der Waals surface area (Å²) in [6.07, 6.45) is 7.90. The molecule has 1 aliphatic rings. The first-order valence-electron chi connectivity index (χ1n) is 9.33. The molecule has 0 spiro atoms. The lowest BCUT2D eigenvalue weighted by Gasteiger charge is -2.31. The third kappa shape index (κ3) is 3.81. The third-order valence-electron chi connectivity index (χ3n) is 5.05. The molecule has 1 saturated heterocycles. The summed E-state index contributed by atoms with van der Waals surface area (Å²) in [6, 6.07) is 17.0. The van der Waals surface area contributed by atoms with E-state index in [1.807, 2.05) is 30.6 Å². The molecule has 26 heavy (non-hydrogen) atoms. The number of hydrogen-bond donors (Lipinski definition) is 1. The predicted octanol–water partition coefficient (Wildman–Crippen LogP) is 4.33. The summed E-state index contributed by atoms with van der Waals surface area (Å²) in [4.78, 5) is 14.0. The number of hydrogen-bond acceptors (Lipinski definition) is 4. The smallest absolute Gasteiger partial charge is 0.0605 e. The summed E-state index contributed by atoms with van der Waals surface area (Å²) in [5.74, 6) is 0. The van der Waals surface area contributed by atoms with E-state index in [1.54, 1.807) is 0 Å². The van der Waals surface area contributed by atoms with Gasteiger partial charge < -0.3 is 5.32 Å². The molecule has 1 N–H and O–H groups in total. The molecule has 4 nitrogen and oxygen atoms in total. The average Bonchev–Trinajstić information content (AvgIpc) is 2.71. The van der Waals surface area contributed by atoms with Crippen LogP contribution in [0.2, 0.25) is 0 Å². The maximum Gasteiger partial charge on any atom is 0.0605 e. The van der Waals surface area contributed by atoms with Crippen LogP contribution in [-0.2, 0) is 6.42 Å². The van der Waals surface area contributed by atoms with Gasteiger partial charge in [0.1, 0.15) is 0 Å². The zero-order valence-corrected chi connectivity index (χ0v) is 15.1. The molecule has 4 rings (SSSR count). The normalized spacial score (nSPS) is 20.0. The van der Waals surface area contributed by atoms with Crippen LogP contribution in [-0.4, -0.2) is 15.0 Å². The number of rotatable bonds is 4. The summed E-state index contributed by atoms with van der Waals surface area (Å²) >= 11 is 0. The molecule has 4 heteroatoms. The van der Waals surface area contributed by atoms with Gasteiger partial charge in [-0.25, -0.2) is 0 Å². The van der Waals surface area contributed by atoms with Gasteiger partial charge >= 0.3 is 0 Å². The number of piperidine rings is 1. The molecular weight excluding hydrogens is 320 g/mol. The molecule has 0 saturated carbocycles. The van der Waals surface area contributed by atoms with E-state index in [4.69, 9.17) is 4.98 Å². The Hall–Kier alpha value is -2.59. The van der Waals surface area contributed by atoms with Crippen molar-refractivity contribution in [3.05, 3.63) is 89.3 Å². The van der Waals surface area contributed by atoms with E-state index in [9.17, 15) is 0 Å². The van der Waals surface area contributed by atoms with E-state index in [0.717, 1.165) is 36.3 Å². The second kappa shape index (κ2) is 7.75. The third-order valence-corrected chi connectivity index (χ3v) is 5.05. The molecule has 0 radical (unpaired) electrons. The highest BCUT2D eigenvalue weighted by Gasteiger charge is 2.26. The first-order chi connectivity index (χ1) is 12.8. The van der Waals surface area contributed by atoms with Gasteiger partial charge in [-0.05, 0) is 62.1 Å². The van der Waals surface area contributed by atoms with Crippen molar-refractivity contribution >= 4 is 0 Å². The molecule has 3 aromatic heterocycles. The van der Waals surface area contributed by atoms with Crippen LogP contribution < -0.4 is 5.32 Å². The SMILES string of the molecule is Cc1ccc(Cc2ccccn2)nc1[C@H]1CCC[C@@H](c2ccccn2)N1. The van der Waals surface area contributed by atoms with Crippen LogP contribution in [0.15, 0.2) is 60.9 Å². The quantitative estimate of drug-likeness (QED) is 0.765. The van der Waals surface area contributed by atoms with Crippen LogP contribution in [0.4, 0.5) is 0 Å². The minimum absolute atomic E-state index is 0.277. The summed E-state index contributed by atoms with van der Waals surface area (Å²) in [5, 5.41) is 3.78. The van der Waals surface area contributed by atoms with Crippen molar-refractivity contribution in [1.29, 1.82) is 0 Å². The Bertz CT molecular complexity index is 849. The van der Waals surface area contributed by atoms with E-state index >= 15 is 0 Å². The highest BCUT2D eigenvalue weighted by molar-refractivity contribution is 5.27. The van der Waals surface area contributed by atoms with E-state index in [1.165, 1.54) is 17.7 Å². The van der Waals surface area contributed by atoms with Gasteiger partial charge in [0.05, 0.1) is 17.4 Å². The van der Waals surface area contributed by atoms with Gasteiger partial charge in [-0.2, -0.15) is 0 Å². The second-order valence-corrected chi connectivity index (χ2v) is 6.96. The molecule has 2 atom stereocenters. The maximum absolute atomic E-state index is 5.00. The van der Waals surface area contributed by atoms with Crippen LogP contribution in [0, 0.1) is 6.92 Å². The Morgan fingerprint density at radius 1 is 0.885 bits per heavy atom. The molecule has 1 aliphatic heterocycles. The van der Waals surface area contributed by atoms with Gasteiger partial charge in [-0.3, -0.25) is 15.0 Å². The highest BCUT2D eigenvalue weighted by atomic mass is 15.0. The van der Waals surface area contributed by atoms with Gasteiger partial charge in [0.2, 0.25) is 0 Å². The molecule has 0 bridgehead atoms. The van der Waals surface area contributed by atoms with Crippen molar-refractivity contribution in [2.24, 2.45) is 0 Å². The topological polar surface area (TPSA) is 50.7 Å². The van der Waals surface area contributed by atoms with Crippen molar-refractivity contribution in [3.63, 3.8) is 0 Å². The van der Waals surface area contributed by atoms with Gasteiger partial charge in [0.15, 0.2) is 0 Å². The summed E-state index contributed by atoms with van der Waals surface area (Å²) in [7, 11) is 0. The standard InChI is InChI=1S/C22H24N4/c1-16-11-12-18(15-17-7-2-4-13-23-17)25-22(16)21-10-6-9-20(26-21)19-8-3-5-14-24-19/h2-5,7-8,11-14,20-21,26H,6,9-10,15H2,1H3/t20-,21+/m0/s1. The minimum Gasteiger partial charge on any atom is -0.300 e. The molecule has 0 aromatic carbocycles. The average molecular weight is 344 g/mol. The first-order valence-corrected chi connectivity index (χ1v) is 9.33. The van der Waals surface area contributed by atoms with E-state index < -0.39 is 0 Å². The maximum atomic E-state index is 5.00. The highest BCUT2D eigenvalue weighted by Crippen LogP contribution is 2.32.